The van der Waals surface area contributed by atoms with E-state index in [4.69, 9.17) is 10.5 Å². The van der Waals surface area contributed by atoms with Crippen LogP contribution in [-0.2, 0) is 25.6 Å². The zero-order valence-corrected chi connectivity index (χ0v) is 8.33. The van der Waals surface area contributed by atoms with Gasteiger partial charge in [0.05, 0.1) is 6.61 Å². The Labute approximate surface area is 90.3 Å². The highest BCUT2D eigenvalue weighted by molar-refractivity contribution is 5.80. The first-order valence-electron chi connectivity index (χ1n) is 4.66. The molecule has 0 aliphatic carbocycles. The number of nitrogens with zero attached hydrogens (tertiary/aromatic N) is 3. The largest absolute Gasteiger partial charge is 0.463 e. The normalized spacial score (nSPS) is 19.5. The van der Waals surface area contributed by atoms with Crippen molar-refractivity contribution >= 4 is 17.9 Å². The summed E-state index contributed by atoms with van der Waals surface area (Å²) >= 11 is 0. The molecule has 0 amide bonds. The first-order valence-corrected chi connectivity index (χ1v) is 4.66. The quantitative estimate of drug-likeness (QED) is 0.639. The lowest BCUT2D eigenvalue weighted by Gasteiger charge is -2.07. The summed E-state index contributed by atoms with van der Waals surface area (Å²) in [5, 5.41) is 3.71. The van der Waals surface area contributed by atoms with Crippen molar-refractivity contribution in [3.8, 4) is 0 Å². The van der Waals surface area contributed by atoms with Crippen LogP contribution in [0, 0.1) is 0 Å². The molecule has 1 atom stereocenters. The van der Waals surface area contributed by atoms with Gasteiger partial charge in [0.15, 0.2) is 0 Å². The van der Waals surface area contributed by atoms with Gasteiger partial charge < -0.3 is 15.2 Å². The van der Waals surface area contributed by atoms with E-state index >= 15 is 0 Å². The van der Waals surface area contributed by atoms with Crippen LogP contribution in [0.5, 0.6) is 0 Å². The predicted molar refractivity (Wildman–Crippen MR) is 49.9 cm³/mol. The Morgan fingerprint density at radius 2 is 2.56 bits per heavy atom. The van der Waals surface area contributed by atoms with Gasteiger partial charge in [-0.15, -0.1) is 5.10 Å². The summed E-state index contributed by atoms with van der Waals surface area (Å²) in [5.74, 6) is -1.01. The van der Waals surface area contributed by atoms with Crippen molar-refractivity contribution in [1.29, 1.82) is 0 Å². The number of anilines is 1. The van der Waals surface area contributed by atoms with Gasteiger partial charge in [0, 0.05) is 6.42 Å². The molecule has 0 radical (unpaired) electrons. The average molecular weight is 226 g/mol. The minimum absolute atomic E-state index is 0.0769. The standard InChI is InChI=1S/C8H10N4O4/c9-8-10-4-12(11-8)3-6(13)16-5-1-2-15-7(5)14/h4-5H,1-3H2,(H2,9,11). The maximum Gasteiger partial charge on any atom is 0.347 e. The van der Waals surface area contributed by atoms with Crippen LogP contribution in [0.3, 0.4) is 0 Å². The molecule has 1 aliphatic rings. The second-order valence-corrected chi connectivity index (χ2v) is 3.24. The van der Waals surface area contributed by atoms with E-state index in [9.17, 15) is 9.59 Å². The molecule has 1 aliphatic heterocycles. The van der Waals surface area contributed by atoms with Gasteiger partial charge in [-0.2, -0.15) is 0 Å². The summed E-state index contributed by atoms with van der Waals surface area (Å²) < 4.78 is 10.8. The van der Waals surface area contributed by atoms with Gasteiger partial charge in [-0.1, -0.05) is 0 Å². The van der Waals surface area contributed by atoms with Crippen LogP contribution in [0.4, 0.5) is 5.95 Å². The van der Waals surface area contributed by atoms with Gasteiger partial charge in [0.2, 0.25) is 12.1 Å². The number of nitrogen functional groups attached to an aromatic ring is 1. The first-order chi connectivity index (χ1) is 7.65. The molecule has 8 nitrogen and oxygen atoms in total. The SMILES string of the molecule is Nc1ncn(CC(=O)OC2CCOC2=O)n1. The molecule has 1 unspecified atom stereocenters. The molecule has 0 aromatic carbocycles. The summed E-state index contributed by atoms with van der Waals surface area (Å²) in [4.78, 5) is 26.0. The predicted octanol–water partition coefficient (Wildman–Crippen LogP) is -1.28. The Hall–Kier alpha value is -2.12. The fourth-order valence-corrected chi connectivity index (χ4v) is 1.30. The fourth-order valence-electron chi connectivity index (χ4n) is 1.30. The number of hydrogen-bond donors (Lipinski definition) is 1. The lowest BCUT2D eigenvalue weighted by Crippen LogP contribution is -2.25. The van der Waals surface area contributed by atoms with E-state index in [2.05, 4.69) is 14.8 Å². The molecule has 1 aromatic heterocycles. The molecular weight excluding hydrogens is 216 g/mol. The Kier molecular flexibility index (Phi) is 2.71. The van der Waals surface area contributed by atoms with Crippen molar-refractivity contribution in [3.63, 3.8) is 0 Å². The highest BCUT2D eigenvalue weighted by atomic mass is 16.6. The van der Waals surface area contributed by atoms with Crippen molar-refractivity contribution in [2.24, 2.45) is 0 Å². The molecule has 0 spiro atoms. The van der Waals surface area contributed by atoms with Crippen molar-refractivity contribution < 1.29 is 19.1 Å². The molecule has 1 saturated heterocycles. The molecule has 0 bridgehead atoms. The van der Waals surface area contributed by atoms with Crippen LogP contribution in [-0.4, -0.2) is 39.4 Å². The van der Waals surface area contributed by atoms with Crippen LogP contribution in [0.25, 0.3) is 0 Å². The molecular formula is C8H10N4O4. The van der Waals surface area contributed by atoms with E-state index in [0.717, 1.165) is 0 Å². The van der Waals surface area contributed by atoms with Crippen LogP contribution in [0.15, 0.2) is 6.33 Å². The number of cyclic esters (lactones) is 1. The maximum absolute atomic E-state index is 11.4. The molecule has 8 heteroatoms. The first kappa shape index (κ1) is 10.4. The minimum Gasteiger partial charge on any atom is -0.463 e. The van der Waals surface area contributed by atoms with E-state index in [0.29, 0.717) is 6.42 Å². The number of esters is 2. The number of hydrogen-bond acceptors (Lipinski definition) is 7. The van der Waals surface area contributed by atoms with Gasteiger partial charge in [0.1, 0.15) is 12.9 Å². The lowest BCUT2D eigenvalue weighted by molar-refractivity contribution is -0.160. The molecule has 2 N–H and O–H groups in total. The van der Waals surface area contributed by atoms with E-state index < -0.39 is 18.0 Å². The molecule has 2 rings (SSSR count). The molecule has 86 valence electrons. The zero-order chi connectivity index (χ0) is 11.5. The fraction of sp³-hybridized carbons (Fsp3) is 0.500. The van der Waals surface area contributed by atoms with Gasteiger partial charge >= 0.3 is 11.9 Å². The second kappa shape index (κ2) is 4.17. The number of ether oxygens (including phenoxy) is 2. The third-order valence-electron chi connectivity index (χ3n) is 2.01. The third-order valence-corrected chi connectivity index (χ3v) is 2.01. The summed E-state index contributed by atoms with van der Waals surface area (Å²) in [7, 11) is 0. The minimum atomic E-state index is -0.798. The molecule has 1 aromatic rings. The van der Waals surface area contributed by atoms with Crippen molar-refractivity contribution in [2.75, 3.05) is 12.3 Å². The van der Waals surface area contributed by atoms with Crippen LogP contribution < -0.4 is 5.73 Å². The zero-order valence-electron chi connectivity index (χ0n) is 8.33. The van der Waals surface area contributed by atoms with Gasteiger partial charge in [-0.25, -0.2) is 14.5 Å². The topological polar surface area (TPSA) is 109 Å². The van der Waals surface area contributed by atoms with Gasteiger partial charge in [-0.3, -0.25) is 4.79 Å². The summed E-state index contributed by atoms with van der Waals surface area (Å²) in [6.07, 6.45) is 0.904. The highest BCUT2D eigenvalue weighted by Gasteiger charge is 2.30. The Bertz CT molecular complexity index is 416. The van der Waals surface area contributed by atoms with Crippen LogP contribution in [0.2, 0.25) is 0 Å². The summed E-state index contributed by atoms with van der Waals surface area (Å²) in [5.41, 5.74) is 5.27. The number of carbonyl (C=O) groups excluding carboxylic acids is 2. The highest BCUT2D eigenvalue weighted by Crippen LogP contribution is 2.10. The molecule has 2 heterocycles. The van der Waals surface area contributed by atoms with Crippen LogP contribution in [0.1, 0.15) is 6.42 Å². The average Bonchev–Trinajstić information content (AvgIpc) is 2.77. The summed E-state index contributed by atoms with van der Waals surface area (Å²) in [6, 6.07) is 0. The van der Waals surface area contributed by atoms with E-state index in [1.165, 1.54) is 11.0 Å². The van der Waals surface area contributed by atoms with Gasteiger partial charge in [-0.05, 0) is 0 Å². The van der Waals surface area contributed by atoms with Gasteiger partial charge in [0.25, 0.3) is 0 Å². The smallest absolute Gasteiger partial charge is 0.347 e. The molecule has 1 fully saturated rings. The maximum atomic E-state index is 11.4. The monoisotopic (exact) mass is 226 g/mol. The van der Waals surface area contributed by atoms with E-state index in [-0.39, 0.29) is 19.1 Å². The van der Waals surface area contributed by atoms with E-state index in [1.54, 1.807) is 0 Å². The Morgan fingerprint density at radius 1 is 1.75 bits per heavy atom. The molecule has 16 heavy (non-hydrogen) atoms. The second-order valence-electron chi connectivity index (χ2n) is 3.24. The third kappa shape index (κ3) is 2.27. The number of aromatic nitrogens is 3. The van der Waals surface area contributed by atoms with Crippen molar-refractivity contribution in [1.82, 2.24) is 14.8 Å². The number of carbonyl (C=O) groups is 2. The van der Waals surface area contributed by atoms with Crippen molar-refractivity contribution in [3.05, 3.63) is 6.33 Å². The van der Waals surface area contributed by atoms with Crippen molar-refractivity contribution in [2.45, 2.75) is 19.1 Å². The number of rotatable bonds is 3. The Morgan fingerprint density at radius 3 is 3.12 bits per heavy atom. The van der Waals surface area contributed by atoms with E-state index in [1.807, 2.05) is 0 Å². The number of nitrogens with two attached hydrogens (primary N) is 1. The summed E-state index contributed by atoms with van der Waals surface area (Å²) in [6.45, 7) is 0.154. The lowest BCUT2D eigenvalue weighted by atomic mass is 10.3. The Balaban J connectivity index is 1.86. The molecule has 0 saturated carbocycles. The van der Waals surface area contributed by atoms with Crippen LogP contribution >= 0.6 is 0 Å².